The highest BCUT2D eigenvalue weighted by atomic mass is 19.4. The lowest BCUT2D eigenvalue weighted by atomic mass is 10.1. The van der Waals surface area contributed by atoms with Crippen LogP contribution in [0.1, 0.15) is 18.9 Å². The van der Waals surface area contributed by atoms with Crippen molar-refractivity contribution in [2.45, 2.75) is 19.5 Å². The molecule has 0 aromatic heterocycles. The van der Waals surface area contributed by atoms with E-state index in [2.05, 4.69) is 5.32 Å². The Bertz CT molecular complexity index is 449. The van der Waals surface area contributed by atoms with Crippen LogP contribution in [-0.4, -0.2) is 30.6 Å². The van der Waals surface area contributed by atoms with Gasteiger partial charge in [0.15, 0.2) is 0 Å². The summed E-state index contributed by atoms with van der Waals surface area (Å²) in [4.78, 5) is 13.4. The maximum absolute atomic E-state index is 12.8. The normalized spacial score (nSPS) is 11.2. The Morgan fingerprint density at radius 1 is 1.35 bits per heavy atom. The number of para-hydroxylation sites is 1. The van der Waals surface area contributed by atoms with E-state index in [1.54, 1.807) is 6.92 Å². The molecule has 0 radical (unpaired) electrons. The predicted molar refractivity (Wildman–Crippen MR) is 71.4 cm³/mol. The fraction of sp³-hybridized carbons (Fsp3) is 0.462. The number of nitrogens with zero attached hydrogens (tertiary/aromatic N) is 1. The van der Waals surface area contributed by atoms with Crippen molar-refractivity contribution in [3.63, 3.8) is 0 Å². The topological polar surface area (TPSA) is 58.4 Å². The Morgan fingerprint density at radius 3 is 2.55 bits per heavy atom. The molecule has 0 saturated carbocycles. The number of anilines is 1. The fourth-order valence-electron chi connectivity index (χ4n) is 1.72. The number of nitrogens with two attached hydrogens (primary N) is 1. The first kappa shape index (κ1) is 16.3. The first-order chi connectivity index (χ1) is 9.40. The molecule has 0 fully saturated rings. The SMILES string of the molecule is CCN(CCCN)C(=O)Nc1ccccc1C(F)(F)F. The Hall–Kier alpha value is -1.76. The second-order valence-electron chi connectivity index (χ2n) is 4.20. The smallest absolute Gasteiger partial charge is 0.330 e. The van der Waals surface area contributed by atoms with Gasteiger partial charge in [-0.25, -0.2) is 4.79 Å². The minimum absolute atomic E-state index is 0.240. The summed E-state index contributed by atoms with van der Waals surface area (Å²) in [5.74, 6) is 0. The molecule has 3 N–H and O–H groups in total. The first-order valence-corrected chi connectivity index (χ1v) is 6.32. The lowest BCUT2D eigenvalue weighted by molar-refractivity contribution is -0.136. The summed E-state index contributed by atoms with van der Waals surface area (Å²) in [6.45, 7) is 2.99. The van der Waals surface area contributed by atoms with Crippen molar-refractivity contribution in [3.8, 4) is 0 Å². The minimum Gasteiger partial charge on any atom is -0.330 e. The molecule has 0 bridgehead atoms. The van der Waals surface area contributed by atoms with Crippen LogP contribution in [0.25, 0.3) is 0 Å². The Kier molecular flexibility index (Phi) is 5.82. The highest BCUT2D eigenvalue weighted by molar-refractivity contribution is 5.90. The molecule has 2 amide bonds. The molecule has 0 aliphatic carbocycles. The third kappa shape index (κ3) is 4.41. The average Bonchev–Trinajstić information content (AvgIpc) is 2.39. The molecule has 0 aliphatic heterocycles. The van der Waals surface area contributed by atoms with Gasteiger partial charge in [-0.05, 0) is 32.0 Å². The Morgan fingerprint density at radius 2 is 2.00 bits per heavy atom. The standard InChI is InChI=1S/C13H18F3N3O/c1-2-19(9-5-8-17)12(20)18-11-7-4-3-6-10(11)13(14,15)16/h3-4,6-7H,2,5,8-9,17H2,1H3,(H,18,20). The van der Waals surface area contributed by atoms with Gasteiger partial charge in [0.1, 0.15) is 0 Å². The quantitative estimate of drug-likeness (QED) is 0.875. The fourth-order valence-corrected chi connectivity index (χ4v) is 1.72. The molecular formula is C13H18F3N3O. The number of urea groups is 1. The highest BCUT2D eigenvalue weighted by Gasteiger charge is 2.33. The molecule has 1 aromatic rings. The van der Waals surface area contributed by atoms with E-state index < -0.39 is 17.8 Å². The van der Waals surface area contributed by atoms with Gasteiger partial charge in [0.2, 0.25) is 0 Å². The van der Waals surface area contributed by atoms with Crippen LogP contribution < -0.4 is 11.1 Å². The summed E-state index contributed by atoms with van der Waals surface area (Å²) in [7, 11) is 0. The van der Waals surface area contributed by atoms with Crippen LogP contribution >= 0.6 is 0 Å². The number of hydrogen-bond acceptors (Lipinski definition) is 2. The number of carbonyl (C=O) groups excluding carboxylic acids is 1. The molecule has 0 saturated heterocycles. The van der Waals surface area contributed by atoms with Crippen molar-refractivity contribution in [2.75, 3.05) is 25.0 Å². The van der Waals surface area contributed by atoms with Gasteiger partial charge in [0.05, 0.1) is 11.3 Å². The zero-order valence-corrected chi connectivity index (χ0v) is 11.2. The van der Waals surface area contributed by atoms with E-state index >= 15 is 0 Å². The molecular weight excluding hydrogens is 271 g/mol. The lowest BCUT2D eigenvalue weighted by Gasteiger charge is -2.22. The van der Waals surface area contributed by atoms with Gasteiger partial charge in [-0.2, -0.15) is 13.2 Å². The van der Waals surface area contributed by atoms with Gasteiger partial charge in [-0.1, -0.05) is 12.1 Å². The Labute approximate surface area is 115 Å². The number of halogens is 3. The summed E-state index contributed by atoms with van der Waals surface area (Å²) >= 11 is 0. The summed E-state index contributed by atoms with van der Waals surface area (Å²) in [6.07, 6.45) is -3.90. The van der Waals surface area contributed by atoms with Gasteiger partial charge >= 0.3 is 12.2 Å². The third-order valence-corrected chi connectivity index (χ3v) is 2.78. The molecule has 0 atom stereocenters. The summed E-state index contributed by atoms with van der Waals surface area (Å²) < 4.78 is 38.4. The van der Waals surface area contributed by atoms with Crippen LogP contribution in [0.5, 0.6) is 0 Å². The summed E-state index contributed by atoms with van der Waals surface area (Å²) in [6, 6.07) is 4.34. The second-order valence-corrected chi connectivity index (χ2v) is 4.20. The minimum atomic E-state index is -4.50. The van der Waals surface area contributed by atoms with Crippen molar-refractivity contribution >= 4 is 11.7 Å². The monoisotopic (exact) mass is 289 g/mol. The van der Waals surface area contributed by atoms with Crippen molar-refractivity contribution in [3.05, 3.63) is 29.8 Å². The highest BCUT2D eigenvalue weighted by Crippen LogP contribution is 2.34. The van der Waals surface area contributed by atoms with Crippen LogP contribution in [0.2, 0.25) is 0 Å². The van der Waals surface area contributed by atoms with Gasteiger partial charge in [0, 0.05) is 13.1 Å². The Balaban J connectivity index is 2.85. The molecule has 112 valence electrons. The van der Waals surface area contributed by atoms with E-state index in [-0.39, 0.29) is 5.69 Å². The molecule has 1 aromatic carbocycles. The zero-order chi connectivity index (χ0) is 15.2. The molecule has 0 aliphatic rings. The second kappa shape index (κ2) is 7.14. The maximum Gasteiger partial charge on any atom is 0.418 e. The summed E-state index contributed by atoms with van der Waals surface area (Å²) in [5, 5.41) is 2.30. The molecule has 4 nitrogen and oxygen atoms in total. The molecule has 1 rings (SSSR count). The number of hydrogen-bond donors (Lipinski definition) is 2. The average molecular weight is 289 g/mol. The van der Waals surface area contributed by atoms with E-state index in [0.29, 0.717) is 26.1 Å². The third-order valence-electron chi connectivity index (χ3n) is 2.78. The van der Waals surface area contributed by atoms with Gasteiger partial charge in [0.25, 0.3) is 0 Å². The van der Waals surface area contributed by atoms with E-state index in [1.807, 2.05) is 0 Å². The molecule has 0 unspecified atom stereocenters. The van der Waals surface area contributed by atoms with Crippen LogP contribution in [0.3, 0.4) is 0 Å². The molecule has 20 heavy (non-hydrogen) atoms. The zero-order valence-electron chi connectivity index (χ0n) is 11.2. The maximum atomic E-state index is 12.8. The molecule has 0 heterocycles. The van der Waals surface area contributed by atoms with Crippen molar-refractivity contribution in [1.29, 1.82) is 0 Å². The van der Waals surface area contributed by atoms with E-state index in [9.17, 15) is 18.0 Å². The first-order valence-electron chi connectivity index (χ1n) is 6.32. The number of rotatable bonds is 5. The number of alkyl halides is 3. The number of amides is 2. The van der Waals surface area contributed by atoms with Crippen LogP contribution in [0.4, 0.5) is 23.7 Å². The van der Waals surface area contributed by atoms with Gasteiger partial charge < -0.3 is 16.0 Å². The van der Waals surface area contributed by atoms with Crippen LogP contribution in [0, 0.1) is 0 Å². The van der Waals surface area contributed by atoms with E-state index in [1.165, 1.54) is 23.1 Å². The van der Waals surface area contributed by atoms with E-state index in [4.69, 9.17) is 5.73 Å². The van der Waals surface area contributed by atoms with Crippen molar-refractivity contribution in [1.82, 2.24) is 4.90 Å². The predicted octanol–water partition coefficient (Wildman–Crippen LogP) is 2.91. The van der Waals surface area contributed by atoms with Crippen molar-refractivity contribution < 1.29 is 18.0 Å². The number of benzene rings is 1. The van der Waals surface area contributed by atoms with Gasteiger partial charge in [-0.3, -0.25) is 0 Å². The van der Waals surface area contributed by atoms with Crippen LogP contribution in [0.15, 0.2) is 24.3 Å². The molecule has 7 heteroatoms. The van der Waals surface area contributed by atoms with E-state index in [0.717, 1.165) is 6.07 Å². The van der Waals surface area contributed by atoms with Gasteiger partial charge in [-0.15, -0.1) is 0 Å². The molecule has 0 spiro atoms. The summed E-state index contributed by atoms with van der Waals surface area (Å²) in [5.41, 5.74) is 4.26. The van der Waals surface area contributed by atoms with Crippen molar-refractivity contribution in [2.24, 2.45) is 5.73 Å². The largest absolute Gasteiger partial charge is 0.418 e. The number of carbonyl (C=O) groups is 1. The van der Waals surface area contributed by atoms with Crippen LogP contribution in [-0.2, 0) is 6.18 Å². The number of nitrogens with one attached hydrogen (secondary N) is 1. The lowest BCUT2D eigenvalue weighted by Crippen LogP contribution is -2.36.